The Balaban J connectivity index is 1.60. The van der Waals surface area contributed by atoms with Crippen molar-refractivity contribution in [3.63, 3.8) is 0 Å². The van der Waals surface area contributed by atoms with Crippen molar-refractivity contribution < 1.29 is 9.72 Å². The van der Waals surface area contributed by atoms with Crippen molar-refractivity contribution in [3.05, 3.63) is 67.6 Å². The minimum Gasteiger partial charge on any atom is -0.309 e. The number of anilines is 1. The maximum atomic E-state index is 12.2. The van der Waals surface area contributed by atoms with E-state index in [1.54, 1.807) is 49.0 Å². The highest BCUT2D eigenvalue weighted by molar-refractivity contribution is 6.35. The van der Waals surface area contributed by atoms with Gasteiger partial charge in [-0.05, 0) is 26.0 Å². The van der Waals surface area contributed by atoms with E-state index < -0.39 is 4.92 Å². The summed E-state index contributed by atoms with van der Waals surface area (Å²) in [5.74, 6) is 0.110. The van der Waals surface area contributed by atoms with E-state index in [1.807, 2.05) is 0 Å². The number of aromatic nitrogens is 4. The van der Waals surface area contributed by atoms with Crippen LogP contribution in [0.15, 0.2) is 30.5 Å². The standard InChI is InChI=1S/C18H18Cl2N6O3/c1-11-18(26(28)29)12(2)25(22-11)9-7-17(27)21-16-6-8-24(23-16)10-13-14(19)4-3-5-15(13)20/h3-6,8H,7,9-10H2,1-2H3,(H,21,23,27). The summed E-state index contributed by atoms with van der Waals surface area (Å²) in [6, 6.07) is 6.92. The SMILES string of the molecule is Cc1nn(CCC(=O)Nc2ccn(Cc3c(Cl)cccc3Cl)n2)c(C)c1[N+](=O)[O-]. The molecule has 0 spiro atoms. The van der Waals surface area contributed by atoms with Crippen LogP contribution in [0.4, 0.5) is 11.5 Å². The van der Waals surface area contributed by atoms with E-state index >= 15 is 0 Å². The highest BCUT2D eigenvalue weighted by Crippen LogP contribution is 2.25. The van der Waals surface area contributed by atoms with Crippen LogP contribution in [0.5, 0.6) is 0 Å². The van der Waals surface area contributed by atoms with Crippen molar-refractivity contribution in [2.75, 3.05) is 5.32 Å². The molecule has 3 rings (SSSR count). The molecular weight excluding hydrogens is 419 g/mol. The van der Waals surface area contributed by atoms with E-state index in [1.165, 1.54) is 4.68 Å². The summed E-state index contributed by atoms with van der Waals surface area (Å²) >= 11 is 12.3. The Hall–Kier alpha value is -2.91. The van der Waals surface area contributed by atoms with E-state index in [2.05, 4.69) is 15.5 Å². The van der Waals surface area contributed by atoms with Gasteiger partial charge in [0, 0.05) is 34.3 Å². The summed E-state index contributed by atoms with van der Waals surface area (Å²) in [6.45, 7) is 3.77. The fraction of sp³-hybridized carbons (Fsp3) is 0.278. The number of carbonyl (C=O) groups excluding carboxylic acids is 1. The number of amides is 1. The number of hydrogen-bond acceptors (Lipinski definition) is 5. The van der Waals surface area contributed by atoms with Gasteiger partial charge in [0.05, 0.1) is 18.0 Å². The lowest BCUT2D eigenvalue weighted by Crippen LogP contribution is -2.16. The van der Waals surface area contributed by atoms with Crippen molar-refractivity contribution in [1.82, 2.24) is 19.6 Å². The lowest BCUT2D eigenvalue weighted by Gasteiger charge is -2.07. The zero-order chi connectivity index (χ0) is 21.1. The molecule has 0 bridgehead atoms. The van der Waals surface area contributed by atoms with Crippen LogP contribution >= 0.6 is 23.2 Å². The lowest BCUT2D eigenvalue weighted by atomic mass is 10.2. The highest BCUT2D eigenvalue weighted by Gasteiger charge is 2.21. The zero-order valence-electron chi connectivity index (χ0n) is 15.7. The van der Waals surface area contributed by atoms with Crippen LogP contribution in [0.1, 0.15) is 23.4 Å². The van der Waals surface area contributed by atoms with Crippen LogP contribution in [0.3, 0.4) is 0 Å². The Morgan fingerprint density at radius 2 is 1.90 bits per heavy atom. The quantitative estimate of drug-likeness (QED) is 0.444. The van der Waals surface area contributed by atoms with Crippen molar-refractivity contribution in [3.8, 4) is 0 Å². The van der Waals surface area contributed by atoms with E-state index in [9.17, 15) is 14.9 Å². The Kier molecular flexibility index (Phi) is 6.19. The number of nitrogens with zero attached hydrogens (tertiary/aromatic N) is 5. The van der Waals surface area contributed by atoms with Crippen LogP contribution in [-0.4, -0.2) is 30.4 Å². The van der Waals surface area contributed by atoms with E-state index in [4.69, 9.17) is 23.2 Å². The summed E-state index contributed by atoms with van der Waals surface area (Å²) in [6.07, 6.45) is 1.81. The molecule has 3 aromatic rings. The smallest absolute Gasteiger partial charge is 0.309 e. The molecule has 0 atom stereocenters. The largest absolute Gasteiger partial charge is 0.312 e. The lowest BCUT2D eigenvalue weighted by molar-refractivity contribution is -0.386. The molecule has 1 aromatic carbocycles. The van der Waals surface area contributed by atoms with Crippen LogP contribution in [0, 0.1) is 24.0 Å². The van der Waals surface area contributed by atoms with Crippen molar-refractivity contribution in [2.45, 2.75) is 33.4 Å². The second-order valence-corrected chi connectivity index (χ2v) is 7.21. The van der Waals surface area contributed by atoms with Crippen LogP contribution < -0.4 is 5.32 Å². The average molecular weight is 437 g/mol. The van der Waals surface area contributed by atoms with Crippen LogP contribution in [0.2, 0.25) is 10.0 Å². The predicted octanol–water partition coefficient (Wildman–Crippen LogP) is 3.99. The van der Waals surface area contributed by atoms with Gasteiger partial charge in [0.25, 0.3) is 0 Å². The third kappa shape index (κ3) is 4.75. The molecule has 0 radical (unpaired) electrons. The van der Waals surface area contributed by atoms with Gasteiger partial charge < -0.3 is 5.32 Å². The summed E-state index contributed by atoms with van der Waals surface area (Å²) in [7, 11) is 0. The Bertz CT molecular complexity index is 1060. The minimum absolute atomic E-state index is 0.0256. The van der Waals surface area contributed by atoms with Crippen molar-refractivity contribution in [2.24, 2.45) is 0 Å². The van der Waals surface area contributed by atoms with Crippen LogP contribution in [-0.2, 0) is 17.9 Å². The Labute approximate surface area is 176 Å². The first kappa shape index (κ1) is 20.8. The molecule has 0 saturated carbocycles. The summed E-state index contributed by atoms with van der Waals surface area (Å²) in [5, 5.41) is 23.3. The Morgan fingerprint density at radius 3 is 2.52 bits per heavy atom. The molecule has 9 nitrogen and oxygen atoms in total. The predicted molar refractivity (Wildman–Crippen MR) is 109 cm³/mol. The minimum atomic E-state index is -0.466. The molecule has 2 heterocycles. The number of rotatable bonds is 7. The third-order valence-electron chi connectivity index (χ3n) is 4.37. The van der Waals surface area contributed by atoms with E-state index in [-0.39, 0.29) is 24.6 Å². The molecule has 0 unspecified atom stereocenters. The summed E-state index contributed by atoms with van der Waals surface area (Å²) in [4.78, 5) is 22.8. The average Bonchev–Trinajstić information content (AvgIpc) is 3.20. The van der Waals surface area contributed by atoms with Gasteiger partial charge in [-0.25, -0.2) is 0 Å². The fourth-order valence-electron chi connectivity index (χ4n) is 2.94. The van der Waals surface area contributed by atoms with Gasteiger partial charge in [0.1, 0.15) is 11.4 Å². The van der Waals surface area contributed by atoms with Gasteiger partial charge >= 0.3 is 5.69 Å². The van der Waals surface area contributed by atoms with Gasteiger partial charge in [-0.3, -0.25) is 24.3 Å². The molecule has 0 aliphatic rings. The highest BCUT2D eigenvalue weighted by atomic mass is 35.5. The van der Waals surface area contributed by atoms with Gasteiger partial charge in [-0.2, -0.15) is 10.2 Å². The number of halogens is 2. The number of aryl methyl sites for hydroxylation is 2. The van der Waals surface area contributed by atoms with Gasteiger partial charge in [-0.1, -0.05) is 29.3 Å². The van der Waals surface area contributed by atoms with Crippen molar-refractivity contribution >= 4 is 40.6 Å². The van der Waals surface area contributed by atoms with Crippen LogP contribution in [0.25, 0.3) is 0 Å². The number of hydrogen-bond donors (Lipinski definition) is 1. The Morgan fingerprint density at radius 1 is 1.21 bits per heavy atom. The molecule has 1 amide bonds. The molecule has 2 aromatic heterocycles. The number of nitro groups is 1. The molecule has 0 aliphatic heterocycles. The summed E-state index contributed by atoms with van der Waals surface area (Å²) < 4.78 is 3.08. The summed E-state index contributed by atoms with van der Waals surface area (Å²) in [5.41, 5.74) is 1.45. The topological polar surface area (TPSA) is 108 Å². The zero-order valence-corrected chi connectivity index (χ0v) is 17.2. The normalized spacial score (nSPS) is 10.9. The first-order chi connectivity index (χ1) is 13.8. The molecule has 0 saturated heterocycles. The maximum Gasteiger partial charge on any atom is 0.312 e. The molecule has 0 aliphatic carbocycles. The molecule has 11 heteroatoms. The van der Waals surface area contributed by atoms with Gasteiger partial charge in [0.15, 0.2) is 5.82 Å². The second-order valence-electron chi connectivity index (χ2n) is 6.40. The third-order valence-corrected chi connectivity index (χ3v) is 5.07. The number of nitrogens with one attached hydrogen (secondary N) is 1. The van der Waals surface area contributed by atoms with Gasteiger partial charge in [0.2, 0.25) is 5.91 Å². The van der Waals surface area contributed by atoms with Gasteiger partial charge in [-0.15, -0.1) is 0 Å². The van der Waals surface area contributed by atoms with E-state index in [0.29, 0.717) is 33.8 Å². The number of benzene rings is 1. The second kappa shape index (κ2) is 8.62. The monoisotopic (exact) mass is 436 g/mol. The molecule has 29 heavy (non-hydrogen) atoms. The first-order valence-electron chi connectivity index (χ1n) is 8.71. The van der Waals surface area contributed by atoms with E-state index in [0.717, 1.165) is 5.56 Å². The fourth-order valence-corrected chi connectivity index (χ4v) is 3.46. The maximum absolute atomic E-state index is 12.2. The molecule has 0 fully saturated rings. The van der Waals surface area contributed by atoms with Crippen molar-refractivity contribution in [1.29, 1.82) is 0 Å². The molecular formula is C18H18Cl2N6O3. The number of carbonyl (C=O) groups is 1. The molecule has 1 N–H and O–H groups in total. The first-order valence-corrected chi connectivity index (χ1v) is 9.46. The molecule has 152 valence electrons.